The zero-order chi connectivity index (χ0) is 17.0. The normalized spacial score (nSPS) is 17.2. The van der Waals surface area contributed by atoms with Crippen LogP contribution in [0.2, 0.25) is 0 Å². The van der Waals surface area contributed by atoms with Crippen molar-refractivity contribution in [1.82, 2.24) is 9.62 Å². The summed E-state index contributed by atoms with van der Waals surface area (Å²) in [5.41, 5.74) is 0. The SMILES string of the molecule is O=S(=O)(NCC1CCN(Cc2cccs2)CC1)c1ccccc1F. The van der Waals surface area contributed by atoms with Crippen molar-refractivity contribution in [2.75, 3.05) is 19.6 Å². The second-order valence-electron chi connectivity index (χ2n) is 6.08. The first-order chi connectivity index (χ1) is 11.5. The van der Waals surface area contributed by atoms with Crippen LogP contribution >= 0.6 is 11.3 Å². The fraction of sp³-hybridized carbons (Fsp3) is 0.412. The van der Waals surface area contributed by atoms with Gasteiger partial charge >= 0.3 is 0 Å². The molecule has 0 unspecified atom stereocenters. The molecule has 1 N–H and O–H groups in total. The van der Waals surface area contributed by atoms with Crippen molar-refractivity contribution >= 4 is 21.4 Å². The summed E-state index contributed by atoms with van der Waals surface area (Å²) in [4.78, 5) is 3.47. The van der Waals surface area contributed by atoms with Crippen LogP contribution in [0.4, 0.5) is 4.39 Å². The fourth-order valence-electron chi connectivity index (χ4n) is 2.94. The molecule has 2 aromatic rings. The molecule has 24 heavy (non-hydrogen) atoms. The topological polar surface area (TPSA) is 49.4 Å². The van der Waals surface area contributed by atoms with Crippen LogP contribution in [-0.4, -0.2) is 33.0 Å². The second kappa shape index (κ2) is 7.74. The number of piperidine rings is 1. The molecule has 0 spiro atoms. The highest BCUT2D eigenvalue weighted by Gasteiger charge is 2.23. The van der Waals surface area contributed by atoms with E-state index >= 15 is 0 Å². The molecule has 1 aliphatic rings. The van der Waals surface area contributed by atoms with Crippen LogP contribution < -0.4 is 4.72 Å². The number of benzene rings is 1. The predicted molar refractivity (Wildman–Crippen MR) is 93.9 cm³/mol. The molecule has 0 bridgehead atoms. The largest absolute Gasteiger partial charge is 0.298 e. The van der Waals surface area contributed by atoms with Crippen LogP contribution in [0, 0.1) is 11.7 Å². The Morgan fingerprint density at radius 2 is 1.92 bits per heavy atom. The fourth-order valence-corrected chi connectivity index (χ4v) is 4.88. The Hall–Kier alpha value is -1.28. The summed E-state index contributed by atoms with van der Waals surface area (Å²) in [6, 6.07) is 9.67. The zero-order valence-electron chi connectivity index (χ0n) is 13.3. The van der Waals surface area contributed by atoms with Crippen LogP contribution in [-0.2, 0) is 16.6 Å². The summed E-state index contributed by atoms with van der Waals surface area (Å²) < 4.78 is 40.6. The molecule has 0 atom stereocenters. The van der Waals surface area contributed by atoms with Gasteiger partial charge in [-0.05, 0) is 55.4 Å². The second-order valence-corrected chi connectivity index (χ2v) is 8.85. The zero-order valence-corrected chi connectivity index (χ0v) is 15.0. The lowest BCUT2D eigenvalue weighted by atomic mass is 9.97. The minimum absolute atomic E-state index is 0.278. The average molecular weight is 368 g/mol. The van der Waals surface area contributed by atoms with Gasteiger partial charge in [0.2, 0.25) is 10.0 Å². The summed E-state index contributed by atoms with van der Waals surface area (Å²) in [7, 11) is -3.78. The van der Waals surface area contributed by atoms with Gasteiger partial charge in [0.15, 0.2) is 0 Å². The van der Waals surface area contributed by atoms with E-state index in [1.165, 1.54) is 23.1 Å². The van der Waals surface area contributed by atoms with E-state index in [0.717, 1.165) is 38.5 Å². The number of halogens is 1. The van der Waals surface area contributed by atoms with Crippen molar-refractivity contribution in [1.29, 1.82) is 0 Å². The Bertz CT molecular complexity index is 755. The van der Waals surface area contributed by atoms with Crippen LogP contribution in [0.3, 0.4) is 0 Å². The van der Waals surface area contributed by atoms with E-state index in [9.17, 15) is 12.8 Å². The Balaban J connectivity index is 1.49. The highest BCUT2D eigenvalue weighted by atomic mass is 32.2. The summed E-state index contributed by atoms with van der Waals surface area (Å²) in [5, 5.41) is 2.08. The molecule has 1 saturated heterocycles. The number of nitrogens with zero attached hydrogens (tertiary/aromatic N) is 1. The van der Waals surface area contributed by atoms with Gasteiger partial charge in [0, 0.05) is 18.0 Å². The quantitative estimate of drug-likeness (QED) is 0.852. The van der Waals surface area contributed by atoms with E-state index in [-0.39, 0.29) is 4.90 Å². The minimum atomic E-state index is -3.78. The third kappa shape index (κ3) is 4.42. The molecule has 7 heteroatoms. The van der Waals surface area contributed by atoms with Crippen molar-refractivity contribution < 1.29 is 12.8 Å². The Morgan fingerprint density at radius 3 is 2.58 bits per heavy atom. The maximum Gasteiger partial charge on any atom is 0.243 e. The predicted octanol–water partition coefficient (Wildman–Crippen LogP) is 3.08. The Labute approximate surface area is 146 Å². The maximum absolute atomic E-state index is 13.7. The number of sulfonamides is 1. The minimum Gasteiger partial charge on any atom is -0.298 e. The average Bonchev–Trinajstić information content (AvgIpc) is 3.07. The highest BCUT2D eigenvalue weighted by molar-refractivity contribution is 7.89. The van der Waals surface area contributed by atoms with Crippen molar-refractivity contribution in [2.45, 2.75) is 24.3 Å². The summed E-state index contributed by atoms with van der Waals surface area (Å²) in [6.07, 6.45) is 1.90. The number of hydrogen-bond donors (Lipinski definition) is 1. The summed E-state index contributed by atoms with van der Waals surface area (Å²) >= 11 is 1.76. The van der Waals surface area contributed by atoms with Gasteiger partial charge in [-0.1, -0.05) is 18.2 Å². The smallest absolute Gasteiger partial charge is 0.243 e. The third-order valence-electron chi connectivity index (χ3n) is 4.35. The molecule has 130 valence electrons. The first kappa shape index (κ1) is 17.5. The molecule has 0 saturated carbocycles. The molecular formula is C17H21FN2O2S2. The molecule has 1 fully saturated rings. The molecule has 4 nitrogen and oxygen atoms in total. The van der Waals surface area contributed by atoms with Gasteiger partial charge in [-0.3, -0.25) is 4.90 Å². The van der Waals surface area contributed by atoms with E-state index in [1.807, 2.05) is 0 Å². The van der Waals surface area contributed by atoms with Gasteiger partial charge in [-0.25, -0.2) is 17.5 Å². The molecular weight excluding hydrogens is 347 g/mol. The van der Waals surface area contributed by atoms with Gasteiger partial charge in [-0.15, -0.1) is 11.3 Å². The maximum atomic E-state index is 13.7. The van der Waals surface area contributed by atoms with Crippen LogP contribution in [0.1, 0.15) is 17.7 Å². The molecule has 1 aromatic heterocycles. The van der Waals surface area contributed by atoms with Crippen molar-refractivity contribution in [3.05, 3.63) is 52.5 Å². The lowest BCUT2D eigenvalue weighted by Crippen LogP contribution is -2.38. The molecule has 0 aliphatic carbocycles. The third-order valence-corrected chi connectivity index (χ3v) is 6.67. The first-order valence-corrected chi connectivity index (χ1v) is 10.4. The summed E-state index contributed by atoms with van der Waals surface area (Å²) in [5.74, 6) is -0.415. The van der Waals surface area contributed by atoms with Crippen LogP contribution in [0.25, 0.3) is 0 Å². The molecule has 1 aromatic carbocycles. The van der Waals surface area contributed by atoms with E-state index < -0.39 is 15.8 Å². The van der Waals surface area contributed by atoms with Gasteiger partial charge < -0.3 is 0 Å². The Kier molecular flexibility index (Phi) is 5.65. The number of likely N-dealkylation sites (tertiary alicyclic amines) is 1. The van der Waals surface area contributed by atoms with E-state index in [0.29, 0.717) is 12.5 Å². The molecule has 0 radical (unpaired) electrons. The lowest BCUT2D eigenvalue weighted by Gasteiger charge is -2.31. The number of hydrogen-bond acceptors (Lipinski definition) is 4. The monoisotopic (exact) mass is 368 g/mol. The molecule has 3 rings (SSSR count). The number of rotatable bonds is 6. The number of thiophene rings is 1. The van der Waals surface area contributed by atoms with Crippen LogP contribution in [0.15, 0.2) is 46.7 Å². The lowest BCUT2D eigenvalue weighted by molar-refractivity contribution is 0.180. The van der Waals surface area contributed by atoms with E-state index in [1.54, 1.807) is 11.3 Å². The van der Waals surface area contributed by atoms with Gasteiger partial charge in [0.05, 0.1) is 0 Å². The van der Waals surface area contributed by atoms with Crippen molar-refractivity contribution in [3.8, 4) is 0 Å². The summed E-state index contributed by atoms with van der Waals surface area (Å²) in [6.45, 7) is 3.25. The van der Waals surface area contributed by atoms with Crippen molar-refractivity contribution in [2.24, 2.45) is 5.92 Å². The molecule has 1 aliphatic heterocycles. The number of nitrogens with one attached hydrogen (secondary N) is 1. The van der Waals surface area contributed by atoms with E-state index in [2.05, 4.69) is 27.1 Å². The molecule has 0 amide bonds. The van der Waals surface area contributed by atoms with Crippen LogP contribution in [0.5, 0.6) is 0 Å². The van der Waals surface area contributed by atoms with Gasteiger partial charge in [-0.2, -0.15) is 0 Å². The standard InChI is InChI=1S/C17H21FN2O2S2/c18-16-5-1-2-6-17(16)24(21,22)19-12-14-7-9-20(10-8-14)13-15-4-3-11-23-15/h1-6,11,14,19H,7-10,12-13H2. The van der Waals surface area contributed by atoms with Crippen molar-refractivity contribution in [3.63, 3.8) is 0 Å². The Morgan fingerprint density at radius 1 is 1.17 bits per heavy atom. The van der Waals surface area contributed by atoms with Gasteiger partial charge in [0.1, 0.15) is 10.7 Å². The highest BCUT2D eigenvalue weighted by Crippen LogP contribution is 2.21. The van der Waals surface area contributed by atoms with E-state index in [4.69, 9.17) is 0 Å². The first-order valence-electron chi connectivity index (χ1n) is 8.03. The van der Waals surface area contributed by atoms with Gasteiger partial charge in [0.25, 0.3) is 0 Å². The molecule has 2 heterocycles.